The minimum Gasteiger partial charge on any atom is -0.438 e. The van der Waals surface area contributed by atoms with Crippen molar-refractivity contribution in [3.05, 3.63) is 74.4 Å². The number of methoxy groups -OCH3 is 1. The van der Waals surface area contributed by atoms with Crippen LogP contribution >= 0.6 is 31.9 Å². The number of aryl methyl sites for hydroxylation is 1. The molecule has 1 aromatic carbocycles. The van der Waals surface area contributed by atoms with Gasteiger partial charge in [0.05, 0.1) is 24.2 Å². The summed E-state index contributed by atoms with van der Waals surface area (Å²) in [5.41, 5.74) is 4.22. The largest absolute Gasteiger partial charge is 0.510 e. The first-order valence-corrected chi connectivity index (χ1v) is 12.3. The van der Waals surface area contributed by atoms with Crippen LogP contribution < -0.4 is 0 Å². The highest BCUT2D eigenvalue weighted by Crippen LogP contribution is 2.37. The lowest BCUT2D eigenvalue weighted by Crippen LogP contribution is -2.15. The van der Waals surface area contributed by atoms with E-state index in [4.69, 9.17) is 9.73 Å². The molecule has 0 amide bonds. The van der Waals surface area contributed by atoms with E-state index < -0.39 is 6.16 Å². The van der Waals surface area contributed by atoms with Crippen LogP contribution in [0.5, 0.6) is 0 Å². The van der Waals surface area contributed by atoms with Gasteiger partial charge in [0, 0.05) is 39.0 Å². The highest BCUT2D eigenvalue weighted by atomic mass is 79.9. The molecule has 2 aromatic heterocycles. The van der Waals surface area contributed by atoms with Gasteiger partial charge in [-0.05, 0) is 69.5 Å². The van der Waals surface area contributed by atoms with Crippen LogP contribution in [0, 0.1) is 6.92 Å². The number of fused-ring (bicyclic) bond motifs is 3. The molecule has 1 atom stereocenters. The van der Waals surface area contributed by atoms with Crippen LogP contribution in [0.1, 0.15) is 41.7 Å². The first-order chi connectivity index (χ1) is 16.9. The number of aromatic nitrogens is 3. The molecule has 9 nitrogen and oxygen atoms in total. The zero-order chi connectivity index (χ0) is 24.9. The summed E-state index contributed by atoms with van der Waals surface area (Å²) in [5.74, 6) is 0.599. The monoisotopic (exact) mass is 604 g/mol. The Balaban J connectivity index is 1.64. The van der Waals surface area contributed by atoms with E-state index in [1.165, 1.54) is 7.11 Å². The molecule has 35 heavy (non-hydrogen) atoms. The number of carbonyl (C=O) groups is 2. The van der Waals surface area contributed by atoms with Gasteiger partial charge < -0.3 is 14.2 Å². The van der Waals surface area contributed by atoms with Gasteiger partial charge in [-0.2, -0.15) is 0 Å². The molecule has 0 spiro atoms. The summed E-state index contributed by atoms with van der Waals surface area (Å²) in [6.07, 6.45) is 3.29. The van der Waals surface area contributed by atoms with Crippen molar-refractivity contribution in [1.29, 1.82) is 0 Å². The van der Waals surface area contributed by atoms with Crippen LogP contribution in [0.4, 0.5) is 4.79 Å². The number of benzene rings is 1. The lowest BCUT2D eigenvalue weighted by molar-refractivity contribution is -0.128. The highest BCUT2D eigenvalue weighted by molar-refractivity contribution is 9.13. The summed E-state index contributed by atoms with van der Waals surface area (Å²) in [7, 11) is 1.20. The van der Waals surface area contributed by atoms with Gasteiger partial charge in [-0.3, -0.25) is 19.3 Å². The predicted molar refractivity (Wildman–Crippen MR) is 135 cm³/mol. The average molecular weight is 606 g/mol. The first kappa shape index (κ1) is 25.2. The molecule has 0 fully saturated rings. The molecule has 0 radical (unpaired) electrons. The summed E-state index contributed by atoms with van der Waals surface area (Å²) in [6, 6.07) is 9.34. The fourth-order valence-corrected chi connectivity index (χ4v) is 4.45. The topological polar surface area (TPSA) is 105 Å². The van der Waals surface area contributed by atoms with Crippen LogP contribution in [0.2, 0.25) is 0 Å². The Morgan fingerprint density at radius 2 is 1.94 bits per heavy atom. The Morgan fingerprint density at radius 1 is 1.14 bits per heavy atom. The molecule has 11 heteroatoms. The van der Waals surface area contributed by atoms with Gasteiger partial charge in [-0.1, -0.05) is 6.07 Å². The van der Waals surface area contributed by atoms with E-state index >= 15 is 0 Å². The molecule has 0 aliphatic carbocycles. The van der Waals surface area contributed by atoms with Crippen molar-refractivity contribution in [3.8, 4) is 5.69 Å². The zero-order valence-corrected chi connectivity index (χ0v) is 22.2. The average Bonchev–Trinajstić information content (AvgIpc) is 3.18. The number of hydrogen-bond donors (Lipinski definition) is 0. The molecule has 0 bridgehead atoms. The summed E-state index contributed by atoms with van der Waals surface area (Å²) < 4.78 is 18.0. The Hall–Kier alpha value is -2.89. The number of ketones is 1. The van der Waals surface area contributed by atoms with Gasteiger partial charge in [-0.25, -0.2) is 9.78 Å². The van der Waals surface area contributed by atoms with Crippen molar-refractivity contribution in [3.63, 3.8) is 0 Å². The number of carbonyl (C=O) groups excluding carboxylic acids is 2. The highest BCUT2D eigenvalue weighted by Gasteiger charge is 2.28. The maximum Gasteiger partial charge on any atom is 0.510 e. The maximum absolute atomic E-state index is 12.5. The summed E-state index contributed by atoms with van der Waals surface area (Å²) >= 11 is 7.23. The van der Waals surface area contributed by atoms with Crippen LogP contribution in [-0.4, -0.2) is 52.7 Å². The van der Waals surface area contributed by atoms with Crippen molar-refractivity contribution in [1.82, 2.24) is 14.5 Å². The van der Waals surface area contributed by atoms with Crippen molar-refractivity contribution in [2.45, 2.75) is 25.8 Å². The summed E-state index contributed by atoms with van der Waals surface area (Å²) in [6.45, 7) is 1.44. The van der Waals surface area contributed by atoms with E-state index in [1.807, 2.05) is 37.3 Å². The van der Waals surface area contributed by atoms with Crippen molar-refractivity contribution in [2.75, 3.05) is 20.5 Å². The lowest BCUT2D eigenvalue weighted by Gasteiger charge is -2.15. The molecule has 4 rings (SSSR count). The van der Waals surface area contributed by atoms with Gasteiger partial charge in [0.2, 0.25) is 0 Å². The number of nitrogens with zero attached hydrogens (tertiary/aromatic N) is 4. The minimum atomic E-state index is -0.868. The molecule has 182 valence electrons. The second-order valence-electron chi connectivity index (χ2n) is 7.73. The number of halogens is 2. The third-order valence-corrected chi connectivity index (χ3v) is 7.22. The molecule has 1 aliphatic heterocycles. The van der Waals surface area contributed by atoms with E-state index in [9.17, 15) is 9.59 Å². The van der Waals surface area contributed by atoms with Gasteiger partial charge in [0.15, 0.2) is 12.6 Å². The van der Waals surface area contributed by atoms with Crippen molar-refractivity contribution < 1.29 is 23.8 Å². The van der Waals surface area contributed by atoms with Gasteiger partial charge >= 0.3 is 6.16 Å². The number of hydrogen-bond acceptors (Lipinski definition) is 8. The fourth-order valence-electron chi connectivity index (χ4n) is 3.77. The van der Waals surface area contributed by atoms with E-state index in [0.717, 1.165) is 43.1 Å². The third kappa shape index (κ3) is 5.68. The molecule has 0 saturated heterocycles. The van der Waals surface area contributed by atoms with E-state index in [1.54, 1.807) is 12.4 Å². The van der Waals surface area contributed by atoms with Crippen LogP contribution in [-0.2, 0) is 19.0 Å². The van der Waals surface area contributed by atoms with Gasteiger partial charge in [0.25, 0.3) is 0 Å². The van der Waals surface area contributed by atoms with Gasteiger partial charge in [0.1, 0.15) is 18.5 Å². The maximum atomic E-state index is 12.5. The molecule has 0 unspecified atom stereocenters. The standard InChI is InChI=1S/C24H22Br2N4O5/c1-14-11-28-23-20(7-6-15(31)12-34-13-35-24(32)33-2)29-22(19-5-3-4-8-27-19)16-9-17(25)18(26)10-21(16)30(14)23/h3-5,8-11,20H,6-7,12-13H2,1-2H3/t20-/m0/s1. The molecular formula is C24H22Br2N4O5. The van der Waals surface area contributed by atoms with Crippen molar-refractivity contribution in [2.24, 2.45) is 4.99 Å². The molecule has 3 heterocycles. The minimum absolute atomic E-state index is 0.143. The lowest BCUT2D eigenvalue weighted by atomic mass is 10.0. The molecular weight excluding hydrogens is 584 g/mol. The first-order valence-electron chi connectivity index (χ1n) is 10.7. The normalized spacial score (nSPS) is 14.4. The SMILES string of the molecule is COC(=O)OCOCC(=O)CC[C@@H]1N=C(c2ccccn2)c2cc(Br)c(Br)cc2-n2c(C)cnc21. The molecule has 0 saturated carbocycles. The molecule has 3 aromatic rings. The Kier molecular flexibility index (Phi) is 8.09. The fraction of sp³-hybridized carbons (Fsp3) is 0.292. The quantitative estimate of drug-likeness (QED) is 0.200. The van der Waals surface area contributed by atoms with Crippen LogP contribution in [0.25, 0.3) is 5.69 Å². The third-order valence-electron chi connectivity index (χ3n) is 5.38. The van der Waals surface area contributed by atoms with Gasteiger partial charge in [-0.15, -0.1) is 0 Å². The second kappa shape index (κ2) is 11.2. The Bertz CT molecular complexity index is 1280. The number of Topliss-reactive ketones (excluding diaryl/α,β-unsaturated/α-hetero) is 1. The molecule has 0 N–H and O–H groups in total. The Morgan fingerprint density at radius 3 is 2.69 bits per heavy atom. The van der Waals surface area contributed by atoms with E-state index in [-0.39, 0.29) is 31.6 Å². The van der Waals surface area contributed by atoms with E-state index in [0.29, 0.717) is 6.42 Å². The summed E-state index contributed by atoms with van der Waals surface area (Å²) in [4.78, 5) is 37.7. The number of aliphatic imine (C=N–C) groups is 1. The molecule has 1 aliphatic rings. The smallest absolute Gasteiger partial charge is 0.438 e. The zero-order valence-electron chi connectivity index (χ0n) is 19.0. The van der Waals surface area contributed by atoms with Crippen LogP contribution in [0.3, 0.4) is 0 Å². The van der Waals surface area contributed by atoms with Crippen LogP contribution in [0.15, 0.2) is 56.7 Å². The number of imidazole rings is 1. The van der Waals surface area contributed by atoms with E-state index in [2.05, 4.69) is 55.9 Å². The second-order valence-corrected chi connectivity index (χ2v) is 9.44. The number of rotatable bonds is 8. The number of ether oxygens (including phenoxy) is 3. The predicted octanol–water partition coefficient (Wildman–Crippen LogP) is 5.10. The summed E-state index contributed by atoms with van der Waals surface area (Å²) in [5, 5.41) is 0. The Labute approximate surface area is 218 Å². The van der Waals surface area contributed by atoms with Crippen molar-refractivity contribution >= 4 is 49.5 Å². The number of pyridine rings is 1.